The number of carbonyl (C=O) groups excluding carboxylic acids is 1. The molecule has 9 atom stereocenters. The molecule has 0 heterocycles. The number of aliphatic hydroxyl groups is 2. The van der Waals surface area contributed by atoms with Gasteiger partial charge in [0.15, 0.2) is 0 Å². The molecule has 0 radical (unpaired) electrons. The summed E-state index contributed by atoms with van der Waals surface area (Å²) >= 11 is 0. The molecule has 0 unspecified atom stereocenters. The minimum atomic E-state index is -2.64. The third kappa shape index (κ3) is 4.76. The van der Waals surface area contributed by atoms with E-state index in [1.54, 1.807) is 19.5 Å². The number of rotatable bonds is 6. The predicted octanol–water partition coefficient (Wildman–Crippen LogP) is 5.98. The molecule has 45 heavy (non-hydrogen) atoms. The minimum Gasteiger partial charge on any atom is -0.404 e. The van der Waals surface area contributed by atoms with Gasteiger partial charge >= 0.3 is 0 Å². The maximum atomic E-state index is 12.8. The zero-order chi connectivity index (χ0) is 32.4. The van der Waals surface area contributed by atoms with E-state index < -0.39 is 31.4 Å². The van der Waals surface area contributed by atoms with Crippen molar-refractivity contribution in [2.45, 2.75) is 109 Å². The average molecular weight is 630 g/mol. The van der Waals surface area contributed by atoms with Gasteiger partial charge in [-0.05, 0) is 83.5 Å². The number of nitrogens with one attached hydrogen (secondary N) is 1. The maximum absolute atomic E-state index is 12.8. The number of hydrogen-bond donors (Lipinski definition) is 3. The molecule has 4 aliphatic carbocycles. The van der Waals surface area contributed by atoms with Crippen molar-refractivity contribution in [3.05, 3.63) is 72.3 Å². The molecule has 1 amide bonds. The van der Waals surface area contributed by atoms with Crippen LogP contribution in [0.15, 0.2) is 72.3 Å². The zero-order valence-electron chi connectivity index (χ0n) is 28.5. The molecule has 0 aromatic heterocycles. The van der Waals surface area contributed by atoms with Crippen molar-refractivity contribution in [2.75, 3.05) is 7.05 Å². The Hall–Kier alpha value is -2.25. The number of amides is 1. The molecule has 6 rings (SSSR count). The van der Waals surface area contributed by atoms with Crippen molar-refractivity contribution in [1.29, 1.82) is 0 Å². The van der Waals surface area contributed by atoms with Gasteiger partial charge in [-0.25, -0.2) is 0 Å². The first-order valence-electron chi connectivity index (χ1n) is 17.3. The number of carbonyl (C=O) groups is 1. The van der Waals surface area contributed by atoms with E-state index in [-0.39, 0.29) is 28.4 Å². The van der Waals surface area contributed by atoms with E-state index >= 15 is 0 Å². The molecule has 2 aromatic carbocycles. The Bertz CT molecular complexity index is 1380. The lowest BCUT2D eigenvalue weighted by molar-refractivity contribution is -0.185. The minimum absolute atomic E-state index is 0.0533. The molecule has 3 fully saturated rings. The van der Waals surface area contributed by atoms with Crippen LogP contribution in [-0.2, 0) is 9.22 Å². The van der Waals surface area contributed by atoms with Crippen molar-refractivity contribution in [2.24, 2.45) is 34.5 Å². The van der Waals surface area contributed by atoms with Crippen LogP contribution >= 0.6 is 0 Å². The van der Waals surface area contributed by atoms with Crippen LogP contribution in [0.5, 0.6) is 0 Å². The summed E-state index contributed by atoms with van der Waals surface area (Å²) < 4.78 is 7.63. The van der Waals surface area contributed by atoms with E-state index in [1.165, 1.54) is 10.4 Å². The Kier molecular flexibility index (Phi) is 8.33. The highest BCUT2D eigenvalue weighted by Crippen LogP contribution is 2.68. The standard InChI is InChI=1S/C39H55NO4Si/c1-26(35(42)40-7)39(43)34(41)25-33-31-19-18-27-24-28(20-22-37(27,5)32(31)21-23-38(33,39)6)44-45(36(2,3)4,29-14-10-8-11-15-29)30-16-12-9-13-17-30/h8-18,26,28,31-34,41,43H,19-25H2,1-7H3,(H,40,42)/t26-,28+,31-,32+,33+,34-,37+,38+,39-/m1/s1. The van der Waals surface area contributed by atoms with Gasteiger partial charge in [-0.2, -0.15) is 0 Å². The molecule has 4 aliphatic rings. The lowest BCUT2D eigenvalue weighted by Crippen LogP contribution is -2.68. The molecular weight excluding hydrogens is 575 g/mol. The second-order valence-corrected chi connectivity index (χ2v) is 20.5. The highest BCUT2D eigenvalue weighted by Gasteiger charge is 2.69. The Morgan fingerprint density at radius 1 is 0.978 bits per heavy atom. The van der Waals surface area contributed by atoms with Gasteiger partial charge in [0.1, 0.15) is 5.60 Å². The molecule has 3 N–H and O–H groups in total. The Balaban J connectivity index is 1.30. The second-order valence-electron chi connectivity index (χ2n) is 16.3. The largest absolute Gasteiger partial charge is 0.404 e. The highest BCUT2D eigenvalue weighted by molar-refractivity contribution is 6.99. The summed E-state index contributed by atoms with van der Waals surface area (Å²) in [7, 11) is -1.03. The number of aliphatic hydroxyl groups excluding tert-OH is 1. The fraction of sp³-hybridized carbons (Fsp3) is 0.615. The van der Waals surface area contributed by atoms with Crippen LogP contribution in [0.2, 0.25) is 5.04 Å². The van der Waals surface area contributed by atoms with E-state index in [4.69, 9.17) is 4.43 Å². The molecule has 5 nitrogen and oxygen atoms in total. The fourth-order valence-corrected chi connectivity index (χ4v) is 15.6. The van der Waals surface area contributed by atoms with Crippen molar-refractivity contribution in [3.8, 4) is 0 Å². The number of benzene rings is 2. The topological polar surface area (TPSA) is 78.8 Å². The van der Waals surface area contributed by atoms with Gasteiger partial charge in [-0.3, -0.25) is 4.79 Å². The lowest BCUT2D eigenvalue weighted by Gasteiger charge is -2.60. The fourth-order valence-electron chi connectivity index (χ4n) is 10.9. The van der Waals surface area contributed by atoms with E-state index in [0.29, 0.717) is 18.3 Å². The summed E-state index contributed by atoms with van der Waals surface area (Å²) in [5.74, 6) is 0.228. The lowest BCUT2D eigenvalue weighted by atomic mass is 9.46. The van der Waals surface area contributed by atoms with Crippen LogP contribution in [0.25, 0.3) is 0 Å². The summed E-state index contributed by atoms with van der Waals surface area (Å²) in [6, 6.07) is 22.0. The molecule has 244 valence electrons. The van der Waals surface area contributed by atoms with Crippen molar-refractivity contribution >= 4 is 24.6 Å². The Morgan fingerprint density at radius 3 is 2.13 bits per heavy atom. The van der Waals surface area contributed by atoms with E-state index in [0.717, 1.165) is 38.5 Å². The van der Waals surface area contributed by atoms with E-state index in [2.05, 4.69) is 107 Å². The molecular formula is C39H55NO4Si. The van der Waals surface area contributed by atoms with Gasteiger partial charge in [0.25, 0.3) is 8.32 Å². The summed E-state index contributed by atoms with van der Waals surface area (Å²) in [5, 5.41) is 28.8. The van der Waals surface area contributed by atoms with Crippen LogP contribution in [-0.4, -0.2) is 49.3 Å². The smallest absolute Gasteiger partial charge is 0.261 e. The van der Waals surface area contributed by atoms with Crippen LogP contribution in [0.4, 0.5) is 0 Å². The molecule has 0 bridgehead atoms. The summed E-state index contributed by atoms with van der Waals surface area (Å²) in [4.78, 5) is 12.8. The summed E-state index contributed by atoms with van der Waals surface area (Å²) in [6.07, 6.45) is 8.25. The highest BCUT2D eigenvalue weighted by atomic mass is 28.4. The summed E-state index contributed by atoms with van der Waals surface area (Å²) in [6.45, 7) is 13.5. The molecule has 0 spiro atoms. The van der Waals surface area contributed by atoms with Crippen LogP contribution in [0, 0.1) is 34.5 Å². The van der Waals surface area contributed by atoms with Gasteiger partial charge in [-0.1, -0.05) is 114 Å². The summed E-state index contributed by atoms with van der Waals surface area (Å²) in [5.41, 5.74) is -0.276. The van der Waals surface area contributed by atoms with Crippen molar-refractivity contribution < 1.29 is 19.4 Å². The van der Waals surface area contributed by atoms with Crippen molar-refractivity contribution in [3.63, 3.8) is 0 Å². The second kappa shape index (κ2) is 11.5. The van der Waals surface area contributed by atoms with Gasteiger partial charge in [0.05, 0.1) is 12.0 Å². The van der Waals surface area contributed by atoms with Gasteiger partial charge in [-0.15, -0.1) is 0 Å². The van der Waals surface area contributed by atoms with Gasteiger partial charge in [0, 0.05) is 18.6 Å². The van der Waals surface area contributed by atoms with E-state index in [9.17, 15) is 15.0 Å². The van der Waals surface area contributed by atoms with Crippen LogP contribution in [0.3, 0.4) is 0 Å². The number of fused-ring (bicyclic) bond motifs is 5. The third-order valence-corrected chi connectivity index (χ3v) is 18.5. The van der Waals surface area contributed by atoms with Gasteiger partial charge in [0.2, 0.25) is 5.91 Å². The molecule has 0 aliphatic heterocycles. The van der Waals surface area contributed by atoms with E-state index in [1.807, 2.05) is 0 Å². The SMILES string of the molecule is CNC(=O)[C@@H](C)[C@@]1(O)[C@H](O)C[C@H]2[C@@H]3CC=C4C[C@@H](O[Si](c5ccccc5)(c5ccccc5)C(C)(C)C)CC[C@]4(C)[C@H]3CC[C@@]21C. The monoisotopic (exact) mass is 629 g/mol. The number of hydrogen-bond acceptors (Lipinski definition) is 4. The average Bonchev–Trinajstić information content (AvgIpc) is 3.24. The molecule has 6 heteroatoms. The first-order valence-corrected chi connectivity index (χ1v) is 19.2. The Morgan fingerprint density at radius 2 is 1.58 bits per heavy atom. The first-order chi connectivity index (χ1) is 21.2. The maximum Gasteiger partial charge on any atom is 0.261 e. The zero-order valence-corrected chi connectivity index (χ0v) is 29.5. The van der Waals surface area contributed by atoms with Crippen molar-refractivity contribution in [1.82, 2.24) is 5.32 Å². The first kappa shape index (κ1) is 32.7. The van der Waals surface area contributed by atoms with Crippen LogP contribution < -0.4 is 15.7 Å². The molecule has 2 aromatic rings. The molecule has 3 saturated carbocycles. The predicted molar refractivity (Wildman–Crippen MR) is 184 cm³/mol. The Labute approximate surface area is 272 Å². The van der Waals surface area contributed by atoms with Crippen LogP contribution in [0.1, 0.15) is 86.5 Å². The molecule has 0 saturated heterocycles. The normalized spacial score (nSPS) is 37.1. The third-order valence-electron chi connectivity index (χ3n) is 13.4. The quantitative estimate of drug-likeness (QED) is 0.272. The number of allylic oxidation sites excluding steroid dienone is 1. The van der Waals surface area contributed by atoms with Gasteiger partial charge < -0.3 is 20.0 Å².